The summed E-state index contributed by atoms with van der Waals surface area (Å²) < 4.78 is 11.3. The number of nitrogens with one attached hydrogen (secondary N) is 2. The van der Waals surface area contributed by atoms with Crippen molar-refractivity contribution >= 4 is 28.1 Å². The summed E-state index contributed by atoms with van der Waals surface area (Å²) in [5.74, 6) is 0.486. The van der Waals surface area contributed by atoms with Crippen LogP contribution >= 0.6 is 15.9 Å². The summed E-state index contributed by atoms with van der Waals surface area (Å²) in [7, 11) is 0. The molecular formula is C18H25BrN2O4. The Balaban J connectivity index is 1.72. The zero-order chi connectivity index (χ0) is 18.4. The van der Waals surface area contributed by atoms with Gasteiger partial charge in [-0.25, -0.2) is 9.59 Å². The maximum atomic E-state index is 12.0. The molecule has 7 heteroatoms. The van der Waals surface area contributed by atoms with Crippen LogP contribution in [0.2, 0.25) is 0 Å². The van der Waals surface area contributed by atoms with E-state index in [0.29, 0.717) is 5.75 Å². The summed E-state index contributed by atoms with van der Waals surface area (Å²) in [6, 6.07) is 7.33. The van der Waals surface area contributed by atoms with Crippen LogP contribution in [0.15, 0.2) is 28.7 Å². The minimum atomic E-state index is -0.502. The van der Waals surface area contributed by atoms with Crippen LogP contribution in [0, 0.1) is 0 Å². The van der Waals surface area contributed by atoms with Crippen molar-refractivity contribution in [2.45, 2.75) is 64.1 Å². The van der Waals surface area contributed by atoms with Gasteiger partial charge >= 0.3 is 12.2 Å². The molecule has 1 aromatic rings. The number of hydrogen-bond donors (Lipinski definition) is 2. The predicted octanol–water partition coefficient (Wildman–Crippen LogP) is 4.37. The SMILES string of the molecule is CC(C)(C)OC(=O)NC1CCC(NC(=O)Oc2ccccc2Br)CC1. The summed E-state index contributed by atoms with van der Waals surface area (Å²) in [5, 5.41) is 5.77. The lowest BCUT2D eigenvalue weighted by molar-refractivity contribution is 0.0489. The van der Waals surface area contributed by atoms with E-state index in [4.69, 9.17) is 9.47 Å². The molecule has 0 aromatic heterocycles. The van der Waals surface area contributed by atoms with Gasteiger partial charge in [-0.3, -0.25) is 0 Å². The van der Waals surface area contributed by atoms with Crippen molar-refractivity contribution in [3.05, 3.63) is 28.7 Å². The minimum Gasteiger partial charge on any atom is -0.444 e. The van der Waals surface area contributed by atoms with Crippen LogP contribution < -0.4 is 15.4 Å². The van der Waals surface area contributed by atoms with Crippen molar-refractivity contribution in [1.82, 2.24) is 10.6 Å². The molecule has 1 fully saturated rings. The van der Waals surface area contributed by atoms with Gasteiger partial charge in [0.15, 0.2) is 0 Å². The molecule has 0 aliphatic heterocycles. The molecule has 0 radical (unpaired) electrons. The Hall–Kier alpha value is -1.76. The van der Waals surface area contributed by atoms with Gasteiger partial charge < -0.3 is 20.1 Å². The number of carbonyl (C=O) groups is 2. The summed E-state index contributed by atoms with van der Waals surface area (Å²) in [4.78, 5) is 23.8. The van der Waals surface area contributed by atoms with E-state index in [2.05, 4.69) is 26.6 Å². The van der Waals surface area contributed by atoms with Gasteiger partial charge in [0.2, 0.25) is 0 Å². The molecule has 1 aromatic carbocycles. The van der Waals surface area contributed by atoms with Crippen LogP contribution in [0.4, 0.5) is 9.59 Å². The number of halogens is 1. The molecule has 6 nitrogen and oxygen atoms in total. The molecule has 2 N–H and O–H groups in total. The first-order valence-corrected chi connectivity index (χ1v) is 9.24. The highest BCUT2D eigenvalue weighted by Gasteiger charge is 2.26. The molecule has 0 atom stereocenters. The third-order valence-electron chi connectivity index (χ3n) is 3.81. The molecule has 0 bridgehead atoms. The maximum Gasteiger partial charge on any atom is 0.412 e. The summed E-state index contributed by atoms with van der Waals surface area (Å²) >= 11 is 3.34. The predicted molar refractivity (Wildman–Crippen MR) is 98.7 cm³/mol. The normalized spacial score (nSPS) is 20.5. The van der Waals surface area contributed by atoms with E-state index in [0.717, 1.165) is 30.2 Å². The van der Waals surface area contributed by atoms with Gasteiger partial charge in [0.25, 0.3) is 0 Å². The molecule has 0 spiro atoms. The second kappa shape index (κ2) is 8.56. The fraction of sp³-hybridized carbons (Fsp3) is 0.556. The number of amides is 2. The van der Waals surface area contributed by atoms with Crippen LogP contribution in [0.5, 0.6) is 5.75 Å². The first-order valence-electron chi connectivity index (χ1n) is 8.45. The minimum absolute atomic E-state index is 0.0478. The second-order valence-electron chi connectivity index (χ2n) is 7.16. The lowest BCUT2D eigenvalue weighted by Crippen LogP contribution is -2.45. The van der Waals surface area contributed by atoms with Crippen molar-refractivity contribution in [3.63, 3.8) is 0 Å². The number of alkyl carbamates (subject to hydrolysis) is 1. The van der Waals surface area contributed by atoms with Gasteiger partial charge in [0.05, 0.1) is 4.47 Å². The molecule has 0 saturated heterocycles. The molecule has 0 unspecified atom stereocenters. The number of rotatable bonds is 3. The van der Waals surface area contributed by atoms with Crippen LogP contribution in [-0.4, -0.2) is 29.9 Å². The lowest BCUT2D eigenvalue weighted by Gasteiger charge is -2.30. The van der Waals surface area contributed by atoms with E-state index in [9.17, 15) is 9.59 Å². The largest absolute Gasteiger partial charge is 0.444 e. The van der Waals surface area contributed by atoms with Gasteiger partial charge in [0.1, 0.15) is 11.4 Å². The molecule has 0 heterocycles. The molecule has 138 valence electrons. The Bertz CT molecular complexity index is 607. The Morgan fingerprint density at radius 1 is 1.00 bits per heavy atom. The first kappa shape index (κ1) is 19.6. The average molecular weight is 413 g/mol. The van der Waals surface area contributed by atoms with Crippen LogP contribution in [-0.2, 0) is 4.74 Å². The Labute approximate surface area is 156 Å². The Morgan fingerprint density at radius 2 is 1.52 bits per heavy atom. The fourth-order valence-electron chi connectivity index (χ4n) is 2.68. The molecular weight excluding hydrogens is 388 g/mol. The number of para-hydroxylation sites is 1. The first-order chi connectivity index (χ1) is 11.7. The standard InChI is InChI=1S/C18H25BrN2O4/c1-18(2,3)25-17(23)21-13-10-8-12(9-11-13)20-16(22)24-15-7-5-4-6-14(15)19/h4-7,12-13H,8-11H2,1-3H3,(H,20,22)(H,21,23). The van der Waals surface area contributed by atoms with E-state index in [-0.39, 0.29) is 12.1 Å². The molecule has 2 amide bonds. The maximum absolute atomic E-state index is 12.0. The van der Waals surface area contributed by atoms with Crippen LogP contribution in [0.3, 0.4) is 0 Å². The van der Waals surface area contributed by atoms with Gasteiger partial charge in [0, 0.05) is 12.1 Å². The molecule has 1 saturated carbocycles. The molecule has 1 aliphatic carbocycles. The Kier molecular flexibility index (Phi) is 6.70. The van der Waals surface area contributed by atoms with Gasteiger partial charge in [-0.15, -0.1) is 0 Å². The lowest BCUT2D eigenvalue weighted by atomic mass is 9.91. The van der Waals surface area contributed by atoms with Crippen molar-refractivity contribution in [2.75, 3.05) is 0 Å². The quantitative estimate of drug-likeness (QED) is 0.772. The highest BCUT2D eigenvalue weighted by atomic mass is 79.9. The van der Waals surface area contributed by atoms with E-state index in [1.54, 1.807) is 12.1 Å². The van der Waals surface area contributed by atoms with Crippen LogP contribution in [0.1, 0.15) is 46.5 Å². The number of carbonyl (C=O) groups excluding carboxylic acids is 2. The van der Waals surface area contributed by atoms with Crippen LogP contribution in [0.25, 0.3) is 0 Å². The molecule has 25 heavy (non-hydrogen) atoms. The van der Waals surface area contributed by atoms with E-state index < -0.39 is 17.8 Å². The second-order valence-corrected chi connectivity index (χ2v) is 8.01. The van der Waals surface area contributed by atoms with Crippen molar-refractivity contribution in [2.24, 2.45) is 0 Å². The number of hydrogen-bond acceptors (Lipinski definition) is 4. The van der Waals surface area contributed by atoms with Crippen molar-refractivity contribution in [3.8, 4) is 5.75 Å². The van der Waals surface area contributed by atoms with E-state index >= 15 is 0 Å². The third kappa shape index (κ3) is 6.94. The van der Waals surface area contributed by atoms with Gasteiger partial charge in [-0.1, -0.05) is 12.1 Å². The third-order valence-corrected chi connectivity index (χ3v) is 4.46. The van der Waals surface area contributed by atoms with Crippen molar-refractivity contribution < 1.29 is 19.1 Å². The molecule has 1 aliphatic rings. The van der Waals surface area contributed by atoms with E-state index in [1.807, 2.05) is 32.9 Å². The highest BCUT2D eigenvalue weighted by molar-refractivity contribution is 9.10. The number of ether oxygens (including phenoxy) is 2. The zero-order valence-electron chi connectivity index (χ0n) is 14.8. The number of benzene rings is 1. The Morgan fingerprint density at radius 3 is 2.04 bits per heavy atom. The topological polar surface area (TPSA) is 76.7 Å². The smallest absolute Gasteiger partial charge is 0.412 e. The average Bonchev–Trinajstić information content (AvgIpc) is 2.49. The fourth-order valence-corrected chi connectivity index (χ4v) is 3.05. The molecule has 2 rings (SSSR count). The van der Waals surface area contributed by atoms with Crippen molar-refractivity contribution in [1.29, 1.82) is 0 Å². The van der Waals surface area contributed by atoms with E-state index in [1.165, 1.54) is 0 Å². The van der Waals surface area contributed by atoms with Gasteiger partial charge in [-0.2, -0.15) is 0 Å². The zero-order valence-corrected chi connectivity index (χ0v) is 16.4. The summed E-state index contributed by atoms with van der Waals surface area (Å²) in [6.45, 7) is 5.51. The highest BCUT2D eigenvalue weighted by Crippen LogP contribution is 2.24. The van der Waals surface area contributed by atoms with Gasteiger partial charge in [-0.05, 0) is 74.5 Å². The monoisotopic (exact) mass is 412 g/mol. The summed E-state index contributed by atoms with van der Waals surface area (Å²) in [6.07, 6.45) is 2.29. The summed E-state index contributed by atoms with van der Waals surface area (Å²) in [5.41, 5.74) is -0.502.